The molecule has 170 valence electrons. The molecular formula is C26H20ClFN4O2. The molecule has 0 unspecified atom stereocenters. The lowest BCUT2D eigenvalue weighted by Crippen LogP contribution is -2.42. The first-order valence-electron chi connectivity index (χ1n) is 10.4. The largest absolute Gasteiger partial charge is 0.324 e. The zero-order chi connectivity index (χ0) is 24.1. The zero-order valence-corrected chi connectivity index (χ0v) is 18.9. The van der Waals surface area contributed by atoms with Crippen molar-refractivity contribution >= 4 is 34.8 Å². The van der Waals surface area contributed by atoms with E-state index in [9.17, 15) is 14.0 Å². The van der Waals surface area contributed by atoms with Gasteiger partial charge in [0.2, 0.25) is 0 Å². The molecular weight excluding hydrogens is 455 g/mol. The van der Waals surface area contributed by atoms with Crippen LogP contribution in [0.1, 0.15) is 27.7 Å². The summed E-state index contributed by atoms with van der Waals surface area (Å²) in [5.41, 5.74) is 2.28. The van der Waals surface area contributed by atoms with Crippen molar-refractivity contribution < 1.29 is 14.0 Å². The first-order valence-corrected chi connectivity index (χ1v) is 10.8. The lowest BCUT2D eigenvalue weighted by molar-refractivity contribution is -0.117. The maximum absolute atomic E-state index is 13.7. The van der Waals surface area contributed by atoms with Crippen molar-refractivity contribution in [1.29, 1.82) is 0 Å². The number of aryl methyl sites for hydroxylation is 1. The summed E-state index contributed by atoms with van der Waals surface area (Å²) < 4.78 is 13.4. The molecule has 0 saturated carbocycles. The second-order valence-electron chi connectivity index (χ2n) is 7.50. The van der Waals surface area contributed by atoms with Gasteiger partial charge in [0.15, 0.2) is 0 Å². The van der Waals surface area contributed by atoms with E-state index in [2.05, 4.69) is 15.3 Å². The van der Waals surface area contributed by atoms with Gasteiger partial charge >= 0.3 is 0 Å². The Balaban J connectivity index is 1.87. The minimum atomic E-state index is -1.08. The Kier molecular flexibility index (Phi) is 6.94. The molecule has 0 radical (unpaired) electrons. The van der Waals surface area contributed by atoms with Crippen molar-refractivity contribution in [2.75, 3.05) is 10.2 Å². The normalized spacial score (nSPS) is 11.5. The lowest BCUT2D eigenvalue weighted by atomic mass is 9.97. The van der Waals surface area contributed by atoms with E-state index < -0.39 is 23.7 Å². The molecule has 1 aromatic heterocycles. The Hall–Kier alpha value is -4.10. The molecule has 0 fully saturated rings. The van der Waals surface area contributed by atoms with Crippen molar-refractivity contribution in [3.8, 4) is 0 Å². The van der Waals surface area contributed by atoms with Crippen molar-refractivity contribution in [1.82, 2.24) is 9.97 Å². The third-order valence-electron chi connectivity index (χ3n) is 5.19. The van der Waals surface area contributed by atoms with Gasteiger partial charge in [0.25, 0.3) is 11.8 Å². The molecule has 3 aromatic carbocycles. The van der Waals surface area contributed by atoms with E-state index in [1.807, 2.05) is 19.1 Å². The SMILES string of the molecule is Cc1ccccc1[C@H](C(=O)Nc1ccc(F)cc1)N(C(=O)c1cnccn1)c1cccc(Cl)c1. The van der Waals surface area contributed by atoms with Gasteiger partial charge in [-0.05, 0) is 60.5 Å². The molecule has 0 bridgehead atoms. The maximum atomic E-state index is 13.7. The predicted molar refractivity (Wildman–Crippen MR) is 129 cm³/mol. The fourth-order valence-corrected chi connectivity index (χ4v) is 3.76. The first-order chi connectivity index (χ1) is 16.4. The van der Waals surface area contributed by atoms with Gasteiger partial charge in [-0.2, -0.15) is 0 Å². The van der Waals surface area contributed by atoms with Gasteiger partial charge in [-0.15, -0.1) is 0 Å². The molecule has 34 heavy (non-hydrogen) atoms. The van der Waals surface area contributed by atoms with Gasteiger partial charge in [-0.1, -0.05) is 41.9 Å². The average molecular weight is 475 g/mol. The van der Waals surface area contributed by atoms with Gasteiger partial charge in [-0.25, -0.2) is 9.37 Å². The highest BCUT2D eigenvalue weighted by atomic mass is 35.5. The van der Waals surface area contributed by atoms with E-state index in [1.165, 1.54) is 47.8 Å². The molecule has 8 heteroatoms. The van der Waals surface area contributed by atoms with Gasteiger partial charge < -0.3 is 5.32 Å². The number of nitrogens with one attached hydrogen (secondary N) is 1. The third-order valence-corrected chi connectivity index (χ3v) is 5.42. The van der Waals surface area contributed by atoms with Gasteiger partial charge in [0.05, 0.1) is 6.20 Å². The first kappa shape index (κ1) is 23.1. The average Bonchev–Trinajstić information content (AvgIpc) is 2.84. The highest BCUT2D eigenvalue weighted by Gasteiger charge is 2.35. The number of carbonyl (C=O) groups excluding carboxylic acids is 2. The number of nitrogens with zero attached hydrogens (tertiary/aromatic N) is 3. The van der Waals surface area contributed by atoms with Crippen LogP contribution in [0.25, 0.3) is 0 Å². The molecule has 2 amide bonds. The molecule has 0 aliphatic heterocycles. The summed E-state index contributed by atoms with van der Waals surface area (Å²) in [6.45, 7) is 1.86. The third kappa shape index (κ3) is 5.10. The zero-order valence-electron chi connectivity index (χ0n) is 18.2. The fraction of sp³-hybridized carbons (Fsp3) is 0.0769. The van der Waals surface area contributed by atoms with E-state index in [1.54, 1.807) is 36.4 Å². The molecule has 4 rings (SSSR count). The lowest BCUT2D eigenvalue weighted by Gasteiger charge is -2.32. The summed E-state index contributed by atoms with van der Waals surface area (Å²) >= 11 is 6.24. The summed E-state index contributed by atoms with van der Waals surface area (Å²) in [6, 6.07) is 18.3. The van der Waals surface area contributed by atoms with Crippen LogP contribution in [-0.4, -0.2) is 21.8 Å². The molecule has 0 aliphatic carbocycles. The van der Waals surface area contributed by atoms with Crippen molar-refractivity contribution in [2.24, 2.45) is 0 Å². The van der Waals surface area contributed by atoms with Crippen LogP contribution in [0.2, 0.25) is 5.02 Å². The number of hydrogen-bond donors (Lipinski definition) is 1. The monoisotopic (exact) mass is 474 g/mol. The molecule has 4 aromatic rings. The fourth-order valence-electron chi connectivity index (χ4n) is 3.58. The minimum absolute atomic E-state index is 0.0654. The number of hydrogen-bond acceptors (Lipinski definition) is 4. The molecule has 6 nitrogen and oxygen atoms in total. The van der Waals surface area contributed by atoms with Crippen LogP contribution in [-0.2, 0) is 4.79 Å². The Bertz CT molecular complexity index is 1320. The Morgan fingerprint density at radius 3 is 2.44 bits per heavy atom. The summed E-state index contributed by atoms with van der Waals surface area (Å²) in [4.78, 5) is 36.9. The quantitative estimate of drug-likeness (QED) is 0.394. The smallest absolute Gasteiger partial charge is 0.279 e. The van der Waals surface area contributed by atoms with Gasteiger partial charge in [-0.3, -0.25) is 19.5 Å². The van der Waals surface area contributed by atoms with Crippen LogP contribution in [0.3, 0.4) is 0 Å². The van der Waals surface area contributed by atoms with E-state index >= 15 is 0 Å². The number of amides is 2. The molecule has 0 saturated heterocycles. The number of carbonyl (C=O) groups is 2. The van der Waals surface area contributed by atoms with Crippen LogP contribution in [0.4, 0.5) is 15.8 Å². The van der Waals surface area contributed by atoms with E-state index in [-0.39, 0.29) is 5.69 Å². The highest BCUT2D eigenvalue weighted by Crippen LogP contribution is 2.33. The summed E-state index contributed by atoms with van der Waals surface area (Å²) in [5.74, 6) is -1.44. The van der Waals surface area contributed by atoms with Crippen molar-refractivity contribution in [3.05, 3.63) is 119 Å². The number of aromatic nitrogens is 2. The number of benzene rings is 3. The Labute approximate surface area is 201 Å². The van der Waals surface area contributed by atoms with Crippen molar-refractivity contribution in [3.63, 3.8) is 0 Å². The Morgan fingerprint density at radius 2 is 1.76 bits per heavy atom. The minimum Gasteiger partial charge on any atom is -0.324 e. The van der Waals surface area contributed by atoms with E-state index in [4.69, 9.17) is 11.6 Å². The number of halogens is 2. The molecule has 0 aliphatic rings. The molecule has 1 heterocycles. The Morgan fingerprint density at radius 1 is 1.00 bits per heavy atom. The van der Waals surface area contributed by atoms with Crippen molar-refractivity contribution in [2.45, 2.75) is 13.0 Å². The second kappa shape index (κ2) is 10.2. The maximum Gasteiger partial charge on any atom is 0.279 e. The predicted octanol–water partition coefficient (Wildman–Crippen LogP) is 5.60. The number of rotatable bonds is 6. The molecule has 1 atom stereocenters. The van der Waals surface area contributed by atoms with Gasteiger partial charge in [0, 0.05) is 28.8 Å². The van der Waals surface area contributed by atoms with E-state index in [0.717, 1.165) is 5.56 Å². The van der Waals surface area contributed by atoms with Gasteiger partial charge in [0.1, 0.15) is 17.6 Å². The summed E-state index contributed by atoms with van der Waals surface area (Å²) in [7, 11) is 0. The van der Waals surface area contributed by atoms with Crippen LogP contribution < -0.4 is 10.2 Å². The standard InChI is InChI=1S/C26H20ClFN4O2/c1-17-5-2-3-8-22(17)24(25(33)31-20-11-9-19(28)10-12-20)32(21-7-4-6-18(27)15-21)26(34)23-16-29-13-14-30-23/h2-16,24H,1H3,(H,31,33)/t24-/m1/s1. The summed E-state index contributed by atoms with van der Waals surface area (Å²) in [6.07, 6.45) is 4.21. The van der Waals surface area contributed by atoms with Crippen LogP contribution in [0.15, 0.2) is 91.4 Å². The molecule has 1 N–H and O–H groups in total. The topological polar surface area (TPSA) is 75.2 Å². The number of anilines is 2. The van der Waals surface area contributed by atoms with Crippen LogP contribution in [0, 0.1) is 12.7 Å². The summed E-state index contributed by atoms with van der Waals surface area (Å²) in [5, 5.41) is 3.20. The second-order valence-corrected chi connectivity index (χ2v) is 7.94. The highest BCUT2D eigenvalue weighted by molar-refractivity contribution is 6.31. The van der Waals surface area contributed by atoms with E-state index in [0.29, 0.717) is 22.0 Å². The molecule has 0 spiro atoms. The van der Waals surface area contributed by atoms with Crippen LogP contribution in [0.5, 0.6) is 0 Å². The van der Waals surface area contributed by atoms with Crippen LogP contribution >= 0.6 is 11.6 Å².